The van der Waals surface area contributed by atoms with Gasteiger partial charge in [-0.2, -0.15) is 0 Å². The zero-order valence-corrected chi connectivity index (χ0v) is 12.2. The Morgan fingerprint density at radius 3 is 2.52 bits per heavy atom. The number of nitro benzene ring substituents is 1. The van der Waals surface area contributed by atoms with Crippen molar-refractivity contribution in [3.63, 3.8) is 0 Å². The quantitative estimate of drug-likeness (QED) is 0.653. The third-order valence-corrected chi connectivity index (χ3v) is 3.42. The number of non-ortho nitro benzene ring substituents is 1. The van der Waals surface area contributed by atoms with E-state index >= 15 is 0 Å². The Balaban J connectivity index is 2.12. The van der Waals surface area contributed by atoms with Crippen molar-refractivity contribution in [3.05, 3.63) is 64.2 Å². The van der Waals surface area contributed by atoms with Crippen molar-refractivity contribution < 1.29 is 4.92 Å². The first-order valence-electron chi connectivity index (χ1n) is 6.82. The van der Waals surface area contributed by atoms with Crippen LogP contribution in [0.2, 0.25) is 0 Å². The van der Waals surface area contributed by atoms with E-state index in [0.29, 0.717) is 0 Å². The average Bonchev–Trinajstić information content (AvgIpc) is 2.53. The number of hydrogen-bond donors (Lipinski definition) is 1. The monoisotopic (exact) mass is 285 g/mol. The summed E-state index contributed by atoms with van der Waals surface area (Å²) in [6.45, 7) is 0.800. The third-order valence-electron chi connectivity index (χ3n) is 3.42. The highest BCUT2D eigenvalue weighted by Gasteiger charge is 2.11. The Hall–Kier alpha value is -2.56. The molecule has 0 saturated carbocycles. The number of hydrogen-bond acceptors (Lipinski definition) is 4. The van der Waals surface area contributed by atoms with Gasteiger partial charge in [0.1, 0.15) is 0 Å². The van der Waals surface area contributed by atoms with Crippen LogP contribution in [0.25, 0.3) is 0 Å². The smallest absolute Gasteiger partial charge is 0.273 e. The molecule has 0 aliphatic rings. The molecule has 5 nitrogen and oxygen atoms in total. The van der Waals surface area contributed by atoms with E-state index in [1.807, 2.05) is 36.2 Å². The third kappa shape index (κ3) is 3.95. The number of benzene rings is 2. The van der Waals surface area contributed by atoms with Gasteiger partial charge in [-0.15, -0.1) is 0 Å². The molecule has 0 saturated heterocycles. The first-order valence-corrected chi connectivity index (χ1v) is 6.82. The van der Waals surface area contributed by atoms with Gasteiger partial charge in [0, 0.05) is 44.1 Å². The maximum Gasteiger partial charge on any atom is 0.273 e. The molecule has 0 aromatic heterocycles. The molecular weight excluding hydrogens is 266 g/mol. The van der Waals surface area contributed by atoms with Crippen molar-refractivity contribution in [1.82, 2.24) is 0 Å². The molecule has 0 bridgehead atoms. The minimum atomic E-state index is -0.366. The van der Waals surface area contributed by atoms with Crippen LogP contribution in [0, 0.1) is 10.1 Å². The van der Waals surface area contributed by atoms with E-state index in [2.05, 4.69) is 17.4 Å². The predicted octanol–water partition coefficient (Wildman–Crippen LogP) is 3.32. The Labute approximate surface area is 124 Å². The topological polar surface area (TPSA) is 58.4 Å². The second kappa shape index (κ2) is 6.74. The van der Waals surface area contributed by atoms with E-state index < -0.39 is 0 Å². The molecule has 0 aliphatic carbocycles. The largest absolute Gasteiger partial charge is 0.388 e. The lowest BCUT2D eigenvalue weighted by molar-refractivity contribution is -0.384. The van der Waals surface area contributed by atoms with Crippen molar-refractivity contribution in [1.29, 1.82) is 0 Å². The Morgan fingerprint density at radius 2 is 1.90 bits per heavy atom. The molecule has 0 spiro atoms. The van der Waals surface area contributed by atoms with Crippen LogP contribution >= 0.6 is 0 Å². The molecule has 2 aromatic rings. The molecule has 0 atom stereocenters. The highest BCUT2D eigenvalue weighted by molar-refractivity contribution is 5.64. The van der Waals surface area contributed by atoms with Gasteiger partial charge in [0.15, 0.2) is 0 Å². The highest BCUT2D eigenvalue weighted by atomic mass is 16.6. The Kier molecular flexibility index (Phi) is 4.77. The lowest BCUT2D eigenvalue weighted by Gasteiger charge is -2.20. The molecule has 110 valence electrons. The van der Waals surface area contributed by atoms with Crippen LogP contribution in [-0.2, 0) is 6.42 Å². The van der Waals surface area contributed by atoms with Crippen LogP contribution in [-0.4, -0.2) is 25.6 Å². The molecule has 0 radical (unpaired) electrons. The molecule has 0 heterocycles. The number of nitrogens with one attached hydrogen (secondary N) is 1. The van der Waals surface area contributed by atoms with Crippen LogP contribution in [0.4, 0.5) is 17.1 Å². The van der Waals surface area contributed by atoms with Gasteiger partial charge in [0.2, 0.25) is 0 Å². The van der Waals surface area contributed by atoms with E-state index in [-0.39, 0.29) is 10.6 Å². The summed E-state index contributed by atoms with van der Waals surface area (Å²) < 4.78 is 0. The molecule has 0 unspecified atom stereocenters. The molecular formula is C16H19N3O2. The number of likely N-dealkylation sites (N-methyl/N-ethyl adjacent to an activating group) is 1. The summed E-state index contributed by atoms with van der Waals surface area (Å²) in [5, 5.41) is 13.9. The second-order valence-corrected chi connectivity index (χ2v) is 4.90. The zero-order valence-electron chi connectivity index (χ0n) is 12.2. The molecule has 2 aromatic carbocycles. The summed E-state index contributed by atoms with van der Waals surface area (Å²) in [4.78, 5) is 12.6. The predicted molar refractivity (Wildman–Crippen MR) is 86.1 cm³/mol. The summed E-state index contributed by atoms with van der Waals surface area (Å²) in [7, 11) is 3.70. The summed E-state index contributed by atoms with van der Waals surface area (Å²) in [5.74, 6) is 0. The summed E-state index contributed by atoms with van der Waals surface area (Å²) in [5.41, 5.74) is 2.93. The molecule has 0 aliphatic heterocycles. The van der Waals surface area contributed by atoms with Crippen LogP contribution in [0.5, 0.6) is 0 Å². The minimum Gasteiger partial charge on any atom is -0.388 e. The van der Waals surface area contributed by atoms with E-state index in [9.17, 15) is 10.1 Å². The van der Waals surface area contributed by atoms with Crippen LogP contribution < -0.4 is 10.2 Å². The molecule has 21 heavy (non-hydrogen) atoms. The van der Waals surface area contributed by atoms with E-state index in [4.69, 9.17) is 0 Å². The van der Waals surface area contributed by atoms with E-state index in [1.54, 1.807) is 13.1 Å². The maximum atomic E-state index is 11.0. The summed E-state index contributed by atoms with van der Waals surface area (Å²) in [6, 6.07) is 15.2. The van der Waals surface area contributed by atoms with Gasteiger partial charge >= 0.3 is 0 Å². The number of nitro groups is 1. The molecule has 0 fully saturated rings. The van der Waals surface area contributed by atoms with Gasteiger partial charge in [-0.1, -0.05) is 30.3 Å². The van der Waals surface area contributed by atoms with Crippen LogP contribution in [0.15, 0.2) is 48.5 Å². The van der Waals surface area contributed by atoms with Crippen molar-refractivity contribution in [2.24, 2.45) is 0 Å². The SMILES string of the molecule is CNc1cc(N(C)CCc2ccccc2)cc([N+](=O)[O-])c1. The van der Waals surface area contributed by atoms with Crippen molar-refractivity contribution in [3.8, 4) is 0 Å². The van der Waals surface area contributed by atoms with Gasteiger partial charge < -0.3 is 10.2 Å². The molecule has 5 heteroatoms. The summed E-state index contributed by atoms with van der Waals surface area (Å²) >= 11 is 0. The number of anilines is 2. The normalized spacial score (nSPS) is 10.2. The lowest BCUT2D eigenvalue weighted by Crippen LogP contribution is -2.20. The van der Waals surface area contributed by atoms with Crippen molar-refractivity contribution >= 4 is 17.1 Å². The number of nitrogens with zero attached hydrogens (tertiary/aromatic N) is 2. The fraction of sp³-hybridized carbons (Fsp3) is 0.250. The fourth-order valence-corrected chi connectivity index (χ4v) is 2.14. The fourth-order valence-electron chi connectivity index (χ4n) is 2.14. The Bertz CT molecular complexity index is 614. The van der Waals surface area contributed by atoms with Gasteiger partial charge in [-0.3, -0.25) is 10.1 Å². The maximum absolute atomic E-state index is 11.0. The zero-order chi connectivity index (χ0) is 15.2. The van der Waals surface area contributed by atoms with Crippen LogP contribution in [0.1, 0.15) is 5.56 Å². The van der Waals surface area contributed by atoms with Crippen molar-refractivity contribution in [2.75, 3.05) is 30.9 Å². The molecule has 2 rings (SSSR count). The van der Waals surface area contributed by atoms with Gasteiger partial charge in [-0.05, 0) is 18.1 Å². The summed E-state index contributed by atoms with van der Waals surface area (Å²) in [6.07, 6.45) is 0.898. The number of rotatable bonds is 6. The van der Waals surface area contributed by atoms with E-state index in [0.717, 1.165) is 24.3 Å². The Morgan fingerprint density at radius 1 is 1.19 bits per heavy atom. The second-order valence-electron chi connectivity index (χ2n) is 4.90. The van der Waals surface area contributed by atoms with Crippen molar-refractivity contribution in [2.45, 2.75) is 6.42 Å². The average molecular weight is 285 g/mol. The standard InChI is InChI=1S/C16H19N3O2/c1-17-14-10-15(12-16(11-14)19(20)21)18(2)9-8-13-6-4-3-5-7-13/h3-7,10-12,17H,8-9H2,1-2H3. The van der Waals surface area contributed by atoms with Gasteiger partial charge in [-0.25, -0.2) is 0 Å². The van der Waals surface area contributed by atoms with Gasteiger partial charge in [0.05, 0.1) is 4.92 Å². The van der Waals surface area contributed by atoms with Gasteiger partial charge in [0.25, 0.3) is 5.69 Å². The first kappa shape index (κ1) is 14.8. The molecule has 1 N–H and O–H groups in total. The first-order chi connectivity index (χ1) is 10.1. The van der Waals surface area contributed by atoms with Crippen LogP contribution in [0.3, 0.4) is 0 Å². The minimum absolute atomic E-state index is 0.100. The lowest BCUT2D eigenvalue weighted by atomic mass is 10.1. The van der Waals surface area contributed by atoms with E-state index in [1.165, 1.54) is 11.6 Å². The highest BCUT2D eigenvalue weighted by Crippen LogP contribution is 2.26. The molecule has 0 amide bonds.